The number of nitrogens with zero attached hydrogens (tertiary/aromatic N) is 2. The predicted molar refractivity (Wildman–Crippen MR) is 98.4 cm³/mol. The van der Waals surface area contributed by atoms with Crippen LogP contribution in [0.4, 0.5) is 0 Å². The van der Waals surface area contributed by atoms with Gasteiger partial charge in [-0.15, -0.1) is 11.3 Å². The van der Waals surface area contributed by atoms with E-state index in [-0.39, 0.29) is 12.6 Å². The van der Waals surface area contributed by atoms with E-state index in [0.717, 1.165) is 27.9 Å². The first kappa shape index (κ1) is 15.5. The fourth-order valence-electron chi connectivity index (χ4n) is 2.48. The van der Waals surface area contributed by atoms with E-state index in [2.05, 4.69) is 9.97 Å². The van der Waals surface area contributed by atoms with Gasteiger partial charge in [0.2, 0.25) is 0 Å². The molecular formula is C20H14N2O2S. The molecule has 0 N–H and O–H groups in total. The highest BCUT2D eigenvalue weighted by Gasteiger charge is 2.08. The highest BCUT2D eigenvalue weighted by Crippen LogP contribution is 2.20. The second-order valence-electron chi connectivity index (χ2n) is 5.49. The number of carbonyl (C=O) groups is 1. The van der Waals surface area contributed by atoms with Gasteiger partial charge in [-0.25, -0.2) is 9.78 Å². The van der Waals surface area contributed by atoms with Crippen molar-refractivity contribution in [2.24, 2.45) is 0 Å². The Morgan fingerprint density at radius 2 is 1.76 bits per heavy atom. The molecule has 0 saturated heterocycles. The normalized spacial score (nSPS) is 10.7. The lowest BCUT2D eigenvalue weighted by Gasteiger charge is -2.06. The van der Waals surface area contributed by atoms with Gasteiger partial charge in [-0.1, -0.05) is 42.5 Å². The first-order valence-corrected chi connectivity index (χ1v) is 8.69. The number of carbonyl (C=O) groups excluding carboxylic acids is 1. The predicted octanol–water partition coefficient (Wildman–Crippen LogP) is 4.72. The molecule has 4 nitrogen and oxygen atoms in total. The summed E-state index contributed by atoms with van der Waals surface area (Å²) in [4.78, 5) is 21.5. The molecule has 122 valence electrons. The monoisotopic (exact) mass is 346 g/mol. The summed E-state index contributed by atoms with van der Waals surface area (Å²) in [5.41, 5.74) is 4.48. The molecule has 4 rings (SSSR count). The van der Waals surface area contributed by atoms with Gasteiger partial charge in [0.15, 0.2) is 0 Å². The molecule has 0 aliphatic rings. The van der Waals surface area contributed by atoms with Crippen LogP contribution in [0.5, 0.6) is 0 Å². The van der Waals surface area contributed by atoms with E-state index in [1.165, 1.54) is 11.3 Å². The van der Waals surface area contributed by atoms with E-state index in [0.29, 0.717) is 4.88 Å². The largest absolute Gasteiger partial charge is 0.457 e. The number of rotatable bonds is 4. The quantitative estimate of drug-likeness (QED) is 0.502. The van der Waals surface area contributed by atoms with Gasteiger partial charge < -0.3 is 4.74 Å². The van der Waals surface area contributed by atoms with Crippen LogP contribution in [0.1, 0.15) is 15.2 Å². The number of thiophene rings is 1. The minimum atomic E-state index is -0.292. The number of hydrogen-bond donors (Lipinski definition) is 0. The molecule has 25 heavy (non-hydrogen) atoms. The van der Waals surface area contributed by atoms with E-state index in [1.807, 2.05) is 60.0 Å². The molecule has 0 saturated carbocycles. The van der Waals surface area contributed by atoms with E-state index in [9.17, 15) is 4.79 Å². The summed E-state index contributed by atoms with van der Waals surface area (Å²) in [5.74, 6) is -0.292. The fraction of sp³-hybridized carbons (Fsp3) is 0.0500. The smallest absolute Gasteiger partial charge is 0.348 e. The Bertz CT molecular complexity index is 1010. The Kier molecular flexibility index (Phi) is 4.23. The van der Waals surface area contributed by atoms with Gasteiger partial charge in [0.1, 0.15) is 11.5 Å². The number of hydrogen-bond acceptors (Lipinski definition) is 5. The maximum atomic E-state index is 11.9. The number of benzene rings is 2. The van der Waals surface area contributed by atoms with Gasteiger partial charge in [0.05, 0.1) is 22.9 Å². The number of aromatic nitrogens is 2. The lowest BCUT2D eigenvalue weighted by Crippen LogP contribution is -2.02. The molecule has 0 spiro atoms. The van der Waals surface area contributed by atoms with Crippen LogP contribution in [0.2, 0.25) is 0 Å². The zero-order valence-corrected chi connectivity index (χ0v) is 14.1. The van der Waals surface area contributed by atoms with Crippen LogP contribution in [0.25, 0.3) is 22.3 Å². The van der Waals surface area contributed by atoms with Crippen molar-refractivity contribution in [1.29, 1.82) is 0 Å². The summed E-state index contributed by atoms with van der Waals surface area (Å²) in [7, 11) is 0. The van der Waals surface area contributed by atoms with E-state index >= 15 is 0 Å². The Balaban J connectivity index is 1.48. The number of esters is 1. The first-order valence-electron chi connectivity index (χ1n) is 7.81. The van der Waals surface area contributed by atoms with Crippen LogP contribution >= 0.6 is 11.3 Å². The van der Waals surface area contributed by atoms with E-state index < -0.39 is 0 Å². The van der Waals surface area contributed by atoms with E-state index in [1.54, 1.807) is 12.3 Å². The minimum absolute atomic E-state index is 0.250. The SMILES string of the molecule is O=C(OCc1ccc(-c2cnc3ccccc3n2)cc1)c1cccs1. The third-order valence-electron chi connectivity index (χ3n) is 3.79. The molecule has 5 heteroatoms. The lowest BCUT2D eigenvalue weighted by atomic mass is 10.1. The Hall–Kier alpha value is -3.05. The molecule has 0 aliphatic heterocycles. The van der Waals surface area contributed by atoms with Crippen LogP contribution in [-0.2, 0) is 11.3 Å². The van der Waals surface area contributed by atoms with Gasteiger partial charge in [-0.2, -0.15) is 0 Å². The Morgan fingerprint density at radius 3 is 2.52 bits per heavy atom. The van der Waals surface area contributed by atoms with Gasteiger partial charge in [-0.05, 0) is 29.1 Å². The van der Waals surface area contributed by atoms with Crippen LogP contribution in [0.15, 0.2) is 72.2 Å². The van der Waals surface area contributed by atoms with E-state index in [4.69, 9.17) is 4.74 Å². The molecule has 0 aliphatic carbocycles. The zero-order chi connectivity index (χ0) is 17.1. The summed E-state index contributed by atoms with van der Waals surface area (Å²) in [6.07, 6.45) is 1.77. The topological polar surface area (TPSA) is 52.1 Å². The Morgan fingerprint density at radius 1 is 0.960 bits per heavy atom. The van der Waals surface area contributed by atoms with Gasteiger partial charge in [0.25, 0.3) is 0 Å². The highest BCUT2D eigenvalue weighted by atomic mass is 32.1. The molecule has 0 unspecified atom stereocenters. The van der Waals surface area contributed by atoms with Crippen LogP contribution in [-0.4, -0.2) is 15.9 Å². The second-order valence-corrected chi connectivity index (χ2v) is 6.44. The third kappa shape index (κ3) is 3.41. The number of fused-ring (bicyclic) bond motifs is 1. The third-order valence-corrected chi connectivity index (χ3v) is 4.64. The molecule has 0 fully saturated rings. The highest BCUT2D eigenvalue weighted by molar-refractivity contribution is 7.11. The molecular weight excluding hydrogens is 332 g/mol. The summed E-state index contributed by atoms with van der Waals surface area (Å²) in [5, 5.41) is 1.86. The number of para-hydroxylation sites is 2. The average molecular weight is 346 g/mol. The van der Waals surface area contributed by atoms with Crippen LogP contribution < -0.4 is 0 Å². The molecule has 0 radical (unpaired) electrons. The summed E-state index contributed by atoms with van der Waals surface area (Å²) < 4.78 is 5.32. The van der Waals surface area contributed by atoms with Gasteiger partial charge in [-0.3, -0.25) is 4.98 Å². The molecule has 2 aromatic heterocycles. The molecule has 0 bridgehead atoms. The van der Waals surface area contributed by atoms with Crippen molar-refractivity contribution < 1.29 is 9.53 Å². The summed E-state index contributed by atoms with van der Waals surface area (Å²) in [6.45, 7) is 0.250. The molecule has 0 amide bonds. The van der Waals surface area contributed by atoms with Gasteiger partial charge in [0, 0.05) is 5.56 Å². The summed E-state index contributed by atoms with van der Waals surface area (Å²) >= 11 is 1.38. The standard InChI is InChI=1S/C20H14N2O2S/c23-20(19-6-3-11-25-19)24-13-14-7-9-15(10-8-14)18-12-21-16-4-1-2-5-17(16)22-18/h1-12H,13H2. The van der Waals surface area contributed by atoms with Crippen molar-refractivity contribution in [2.45, 2.75) is 6.61 Å². The van der Waals surface area contributed by atoms with Crippen molar-refractivity contribution >= 4 is 28.3 Å². The van der Waals surface area contributed by atoms with Crippen LogP contribution in [0.3, 0.4) is 0 Å². The van der Waals surface area contributed by atoms with Crippen molar-refractivity contribution in [1.82, 2.24) is 9.97 Å². The lowest BCUT2D eigenvalue weighted by molar-refractivity contribution is 0.0478. The molecule has 4 aromatic rings. The Labute approximate surface area is 148 Å². The van der Waals surface area contributed by atoms with Crippen molar-refractivity contribution in [3.8, 4) is 11.3 Å². The van der Waals surface area contributed by atoms with Crippen molar-refractivity contribution in [3.05, 3.63) is 82.7 Å². The molecule has 0 atom stereocenters. The van der Waals surface area contributed by atoms with Crippen molar-refractivity contribution in [3.63, 3.8) is 0 Å². The first-order chi connectivity index (χ1) is 12.3. The molecule has 2 heterocycles. The summed E-state index contributed by atoms with van der Waals surface area (Å²) in [6, 6.07) is 19.2. The average Bonchev–Trinajstić information content (AvgIpc) is 3.21. The maximum absolute atomic E-state index is 11.9. The van der Waals surface area contributed by atoms with Crippen molar-refractivity contribution in [2.75, 3.05) is 0 Å². The maximum Gasteiger partial charge on any atom is 0.348 e. The number of ether oxygens (including phenoxy) is 1. The second kappa shape index (κ2) is 6.83. The van der Waals surface area contributed by atoms with Gasteiger partial charge >= 0.3 is 5.97 Å². The fourth-order valence-corrected chi connectivity index (χ4v) is 3.10. The minimum Gasteiger partial charge on any atom is -0.457 e. The zero-order valence-electron chi connectivity index (χ0n) is 13.3. The van der Waals surface area contributed by atoms with Crippen LogP contribution in [0, 0.1) is 0 Å². The molecule has 2 aromatic carbocycles.